The average molecular weight is 394 g/mol. The maximum absolute atomic E-state index is 12.8. The minimum Gasteiger partial charge on any atom is -0.336 e. The molecule has 0 spiro atoms. The van der Waals surface area contributed by atoms with Gasteiger partial charge in [0.05, 0.1) is 5.52 Å². The van der Waals surface area contributed by atoms with E-state index in [0.29, 0.717) is 0 Å². The number of hydrogen-bond acceptors (Lipinski definition) is 3. The summed E-state index contributed by atoms with van der Waals surface area (Å²) in [5, 5.41) is 1.85. The number of benzene rings is 2. The summed E-state index contributed by atoms with van der Waals surface area (Å²) in [5.74, 6) is 0.118. The minimum atomic E-state index is 0.118. The van der Waals surface area contributed by atoms with Crippen LogP contribution in [0.15, 0.2) is 54.7 Å². The molecule has 0 saturated carbocycles. The summed E-state index contributed by atoms with van der Waals surface area (Å²) in [6.07, 6.45) is 2.79. The number of fused-ring (bicyclic) bond motifs is 1. The van der Waals surface area contributed by atoms with E-state index in [1.807, 2.05) is 53.6 Å². The number of pyridine rings is 1. The Morgan fingerprint density at radius 2 is 1.79 bits per heavy atom. The molecule has 28 heavy (non-hydrogen) atoms. The second-order valence-corrected chi connectivity index (χ2v) is 7.63. The van der Waals surface area contributed by atoms with Gasteiger partial charge in [-0.3, -0.25) is 14.7 Å². The lowest BCUT2D eigenvalue weighted by atomic mass is 10.1. The summed E-state index contributed by atoms with van der Waals surface area (Å²) in [6, 6.07) is 15.9. The van der Waals surface area contributed by atoms with Crippen LogP contribution in [-0.4, -0.2) is 46.9 Å². The Balaban J connectivity index is 1.42. The van der Waals surface area contributed by atoms with E-state index in [4.69, 9.17) is 11.6 Å². The summed E-state index contributed by atoms with van der Waals surface area (Å²) in [5.41, 5.74) is 4.05. The number of nitrogens with zero attached hydrogens (tertiary/aromatic N) is 3. The van der Waals surface area contributed by atoms with Crippen LogP contribution in [0.1, 0.15) is 28.4 Å². The van der Waals surface area contributed by atoms with Gasteiger partial charge in [-0.15, -0.1) is 0 Å². The maximum Gasteiger partial charge on any atom is 0.253 e. The van der Waals surface area contributed by atoms with Gasteiger partial charge < -0.3 is 4.90 Å². The monoisotopic (exact) mass is 393 g/mol. The van der Waals surface area contributed by atoms with Crippen LogP contribution in [0.5, 0.6) is 0 Å². The van der Waals surface area contributed by atoms with E-state index in [2.05, 4.69) is 22.9 Å². The Kier molecular flexibility index (Phi) is 5.60. The van der Waals surface area contributed by atoms with Gasteiger partial charge >= 0.3 is 0 Å². The van der Waals surface area contributed by atoms with Crippen molar-refractivity contribution >= 4 is 28.4 Å². The Bertz CT molecular complexity index is 979. The highest BCUT2D eigenvalue weighted by molar-refractivity contribution is 6.32. The lowest BCUT2D eigenvalue weighted by Crippen LogP contribution is -2.48. The van der Waals surface area contributed by atoms with Crippen LogP contribution in [0.2, 0.25) is 5.02 Å². The summed E-state index contributed by atoms with van der Waals surface area (Å²) < 4.78 is 0. The van der Waals surface area contributed by atoms with Gasteiger partial charge in [0.2, 0.25) is 0 Å². The number of aryl methyl sites for hydroxylation is 1. The molecule has 0 atom stereocenters. The van der Waals surface area contributed by atoms with Crippen molar-refractivity contribution in [1.29, 1.82) is 0 Å². The molecule has 3 aromatic rings. The molecule has 1 aliphatic heterocycles. The van der Waals surface area contributed by atoms with E-state index in [0.717, 1.165) is 66.2 Å². The summed E-state index contributed by atoms with van der Waals surface area (Å²) in [7, 11) is 0. The molecule has 5 heteroatoms. The Morgan fingerprint density at radius 3 is 2.50 bits per heavy atom. The number of aromatic nitrogens is 1. The van der Waals surface area contributed by atoms with Crippen molar-refractivity contribution in [2.45, 2.75) is 19.9 Å². The van der Waals surface area contributed by atoms with Gasteiger partial charge in [-0.05, 0) is 36.2 Å². The number of carbonyl (C=O) groups is 1. The largest absolute Gasteiger partial charge is 0.336 e. The van der Waals surface area contributed by atoms with Gasteiger partial charge in [0.25, 0.3) is 5.91 Å². The first kappa shape index (κ1) is 18.9. The van der Waals surface area contributed by atoms with Crippen LogP contribution < -0.4 is 0 Å². The summed E-state index contributed by atoms with van der Waals surface area (Å²) >= 11 is 6.48. The molecule has 1 aromatic heterocycles. The lowest BCUT2D eigenvalue weighted by molar-refractivity contribution is 0.0629. The number of piperazine rings is 1. The van der Waals surface area contributed by atoms with E-state index < -0.39 is 0 Å². The molecule has 0 aliphatic carbocycles. The molecule has 2 heterocycles. The van der Waals surface area contributed by atoms with Crippen molar-refractivity contribution < 1.29 is 4.79 Å². The van der Waals surface area contributed by atoms with Crippen molar-refractivity contribution in [2.75, 3.05) is 26.2 Å². The van der Waals surface area contributed by atoms with Crippen LogP contribution in [0.25, 0.3) is 10.9 Å². The second-order valence-electron chi connectivity index (χ2n) is 7.22. The predicted molar refractivity (Wildman–Crippen MR) is 114 cm³/mol. The fourth-order valence-electron chi connectivity index (χ4n) is 3.73. The van der Waals surface area contributed by atoms with Crippen molar-refractivity contribution in [2.24, 2.45) is 0 Å². The normalized spacial score (nSPS) is 15.1. The van der Waals surface area contributed by atoms with Crippen molar-refractivity contribution in [3.63, 3.8) is 0 Å². The van der Waals surface area contributed by atoms with Gasteiger partial charge in [-0.25, -0.2) is 0 Å². The fourth-order valence-corrected chi connectivity index (χ4v) is 3.94. The third-order valence-electron chi connectivity index (χ3n) is 5.47. The van der Waals surface area contributed by atoms with Crippen LogP contribution >= 0.6 is 11.6 Å². The quantitative estimate of drug-likeness (QED) is 0.658. The standard InChI is InChI=1S/C23H24ClN3O/c1-2-17-5-7-19(8-6-17)23(28)27-14-12-26(13-15-27)16-20-21(24)10-9-18-4-3-11-25-22(18)20/h3-11H,2,12-16H2,1H3. The highest BCUT2D eigenvalue weighted by atomic mass is 35.5. The van der Waals surface area contributed by atoms with E-state index in [1.54, 1.807) is 0 Å². The van der Waals surface area contributed by atoms with Gasteiger partial charge in [0, 0.05) is 60.5 Å². The first-order valence-corrected chi connectivity index (χ1v) is 10.2. The fraction of sp³-hybridized carbons (Fsp3) is 0.304. The molecule has 0 bridgehead atoms. The van der Waals surface area contributed by atoms with Gasteiger partial charge in [-0.2, -0.15) is 0 Å². The van der Waals surface area contributed by atoms with Gasteiger partial charge in [0.1, 0.15) is 0 Å². The molecule has 4 rings (SSSR count). The van der Waals surface area contributed by atoms with Crippen molar-refractivity contribution in [3.8, 4) is 0 Å². The first-order valence-electron chi connectivity index (χ1n) is 9.78. The molecule has 0 unspecified atom stereocenters. The number of halogens is 1. The molecule has 1 amide bonds. The van der Waals surface area contributed by atoms with E-state index >= 15 is 0 Å². The van der Waals surface area contributed by atoms with Crippen molar-refractivity contribution in [3.05, 3.63) is 76.4 Å². The molecule has 1 fully saturated rings. The second kappa shape index (κ2) is 8.29. The number of amides is 1. The molecule has 144 valence electrons. The van der Waals surface area contributed by atoms with E-state index in [9.17, 15) is 4.79 Å². The molecule has 0 N–H and O–H groups in total. The lowest BCUT2D eigenvalue weighted by Gasteiger charge is -2.35. The zero-order valence-corrected chi connectivity index (χ0v) is 16.8. The molecule has 1 aliphatic rings. The molecule has 4 nitrogen and oxygen atoms in total. The highest BCUT2D eigenvalue weighted by Crippen LogP contribution is 2.26. The smallest absolute Gasteiger partial charge is 0.253 e. The van der Waals surface area contributed by atoms with Crippen LogP contribution in [0, 0.1) is 0 Å². The maximum atomic E-state index is 12.8. The van der Waals surface area contributed by atoms with E-state index in [-0.39, 0.29) is 5.91 Å². The summed E-state index contributed by atoms with van der Waals surface area (Å²) in [4.78, 5) is 21.6. The number of hydrogen-bond donors (Lipinski definition) is 0. The van der Waals surface area contributed by atoms with Crippen LogP contribution in [-0.2, 0) is 13.0 Å². The Morgan fingerprint density at radius 1 is 1.04 bits per heavy atom. The molecule has 2 aromatic carbocycles. The highest BCUT2D eigenvalue weighted by Gasteiger charge is 2.23. The minimum absolute atomic E-state index is 0.118. The molecular weight excluding hydrogens is 370 g/mol. The van der Waals surface area contributed by atoms with Crippen LogP contribution in [0.3, 0.4) is 0 Å². The number of carbonyl (C=O) groups excluding carboxylic acids is 1. The van der Waals surface area contributed by atoms with E-state index in [1.165, 1.54) is 5.56 Å². The average Bonchev–Trinajstić information content (AvgIpc) is 2.76. The van der Waals surface area contributed by atoms with Gasteiger partial charge in [0.15, 0.2) is 0 Å². The predicted octanol–water partition coefficient (Wildman–Crippen LogP) is 4.41. The zero-order chi connectivity index (χ0) is 19.5. The summed E-state index contributed by atoms with van der Waals surface area (Å²) in [6.45, 7) is 5.99. The zero-order valence-electron chi connectivity index (χ0n) is 16.1. The topological polar surface area (TPSA) is 36.4 Å². The Hall–Kier alpha value is -2.43. The number of rotatable bonds is 4. The van der Waals surface area contributed by atoms with Gasteiger partial charge in [-0.1, -0.05) is 42.8 Å². The van der Waals surface area contributed by atoms with Crippen molar-refractivity contribution in [1.82, 2.24) is 14.8 Å². The van der Waals surface area contributed by atoms with Crippen LogP contribution in [0.4, 0.5) is 0 Å². The third-order valence-corrected chi connectivity index (χ3v) is 5.83. The molecule has 0 radical (unpaired) electrons. The Labute approximate surface area is 170 Å². The molecular formula is C23H24ClN3O. The molecule has 1 saturated heterocycles. The third kappa shape index (κ3) is 3.89. The SMILES string of the molecule is CCc1ccc(C(=O)N2CCN(Cc3c(Cl)ccc4cccnc34)CC2)cc1. The first-order chi connectivity index (χ1) is 13.7.